The molecule has 1 heterocycles. The third-order valence-electron chi connectivity index (χ3n) is 4.86. The Morgan fingerprint density at radius 2 is 1.54 bits per heavy atom. The molecule has 1 saturated heterocycles. The van der Waals surface area contributed by atoms with E-state index in [0.717, 1.165) is 41.5 Å². The van der Waals surface area contributed by atoms with Crippen LogP contribution in [0.5, 0.6) is 0 Å². The highest BCUT2D eigenvalue weighted by atomic mass is 32.2. The zero-order valence-corrected chi connectivity index (χ0v) is 15.7. The first-order valence-corrected chi connectivity index (χ1v) is 9.76. The van der Waals surface area contributed by atoms with E-state index in [1.807, 2.05) is 29.2 Å². The third kappa shape index (κ3) is 3.62. The molecule has 0 aromatic heterocycles. The fourth-order valence-electron chi connectivity index (χ4n) is 3.27. The second kappa shape index (κ2) is 7.52. The van der Waals surface area contributed by atoms with Crippen molar-refractivity contribution in [2.45, 2.75) is 9.79 Å². The number of rotatable bonds is 3. The molecule has 0 atom stereocenters. The van der Waals surface area contributed by atoms with Gasteiger partial charge in [0.1, 0.15) is 0 Å². The highest BCUT2D eigenvalue weighted by Crippen LogP contribution is 2.33. The summed E-state index contributed by atoms with van der Waals surface area (Å²) in [4.78, 5) is 19.4. The summed E-state index contributed by atoms with van der Waals surface area (Å²) in [5, 5.41) is 2.46. The smallest absolute Gasteiger partial charge is 0.255 e. The summed E-state index contributed by atoms with van der Waals surface area (Å²) in [6, 6.07) is 22.8. The summed E-state index contributed by atoms with van der Waals surface area (Å²) >= 11 is 1.66. The summed E-state index contributed by atoms with van der Waals surface area (Å²) in [7, 11) is 2.10. The van der Waals surface area contributed by atoms with Gasteiger partial charge in [-0.05, 0) is 42.1 Å². The summed E-state index contributed by atoms with van der Waals surface area (Å²) in [6.07, 6.45) is 0. The van der Waals surface area contributed by atoms with E-state index < -0.39 is 0 Å². The van der Waals surface area contributed by atoms with Gasteiger partial charge in [0.2, 0.25) is 0 Å². The van der Waals surface area contributed by atoms with E-state index in [9.17, 15) is 4.79 Å². The van der Waals surface area contributed by atoms with Crippen molar-refractivity contribution in [1.29, 1.82) is 0 Å². The van der Waals surface area contributed by atoms with Crippen molar-refractivity contribution in [3.8, 4) is 0 Å². The maximum absolute atomic E-state index is 13.0. The predicted octanol–water partition coefficient (Wildman–Crippen LogP) is 4.38. The van der Waals surface area contributed by atoms with E-state index in [2.05, 4.69) is 54.4 Å². The fraction of sp³-hybridized carbons (Fsp3) is 0.227. The Balaban J connectivity index is 1.59. The number of fused-ring (bicyclic) bond motifs is 1. The van der Waals surface area contributed by atoms with Crippen LogP contribution in [0.1, 0.15) is 10.4 Å². The molecule has 0 bridgehead atoms. The fourth-order valence-corrected chi connectivity index (χ4v) is 4.26. The monoisotopic (exact) mass is 362 g/mol. The Morgan fingerprint density at radius 3 is 2.35 bits per heavy atom. The van der Waals surface area contributed by atoms with Gasteiger partial charge < -0.3 is 9.80 Å². The van der Waals surface area contributed by atoms with E-state index >= 15 is 0 Å². The van der Waals surface area contributed by atoms with Crippen molar-refractivity contribution in [3.05, 3.63) is 72.3 Å². The minimum absolute atomic E-state index is 0.141. The summed E-state index contributed by atoms with van der Waals surface area (Å²) in [6.45, 7) is 3.46. The average molecular weight is 362 g/mol. The van der Waals surface area contributed by atoms with Gasteiger partial charge in [-0.3, -0.25) is 4.79 Å². The molecular weight excluding hydrogens is 340 g/mol. The first-order valence-electron chi connectivity index (χ1n) is 8.94. The third-order valence-corrected chi connectivity index (χ3v) is 5.92. The molecule has 1 fully saturated rings. The van der Waals surface area contributed by atoms with Crippen molar-refractivity contribution in [3.63, 3.8) is 0 Å². The number of hydrogen-bond donors (Lipinski definition) is 0. The number of hydrogen-bond acceptors (Lipinski definition) is 3. The van der Waals surface area contributed by atoms with E-state index in [0.29, 0.717) is 0 Å². The molecule has 3 nitrogen and oxygen atoms in total. The van der Waals surface area contributed by atoms with Gasteiger partial charge in [-0.1, -0.05) is 54.2 Å². The lowest BCUT2D eigenvalue weighted by Gasteiger charge is -2.32. The van der Waals surface area contributed by atoms with Gasteiger partial charge in [-0.15, -0.1) is 0 Å². The molecule has 0 radical (unpaired) electrons. The molecule has 1 aliphatic rings. The van der Waals surface area contributed by atoms with Gasteiger partial charge in [0.05, 0.1) is 5.56 Å². The van der Waals surface area contributed by atoms with E-state index in [4.69, 9.17) is 0 Å². The molecule has 0 saturated carbocycles. The standard InChI is InChI=1S/C22H22N2OS/c1-23-12-14-24(15-13-23)22(25)20-8-4-5-9-21(20)26-19-11-10-17-6-2-3-7-18(17)16-19/h2-11,16H,12-15H2,1H3. The van der Waals surface area contributed by atoms with Gasteiger partial charge in [-0.2, -0.15) is 0 Å². The quantitative estimate of drug-likeness (QED) is 0.691. The first-order chi connectivity index (χ1) is 12.7. The Labute approximate surface area is 158 Å². The van der Waals surface area contributed by atoms with Crippen molar-refractivity contribution < 1.29 is 4.79 Å². The Hall–Kier alpha value is -2.30. The normalized spacial score (nSPS) is 15.3. The minimum atomic E-state index is 0.141. The summed E-state index contributed by atoms with van der Waals surface area (Å²) in [5.74, 6) is 0.141. The highest BCUT2D eigenvalue weighted by Gasteiger charge is 2.22. The Kier molecular flexibility index (Phi) is 4.96. The van der Waals surface area contributed by atoms with Crippen LogP contribution in [-0.4, -0.2) is 48.9 Å². The number of amides is 1. The largest absolute Gasteiger partial charge is 0.336 e. The lowest BCUT2D eigenvalue weighted by atomic mass is 10.1. The van der Waals surface area contributed by atoms with E-state index in [-0.39, 0.29) is 5.91 Å². The van der Waals surface area contributed by atoms with Crippen LogP contribution in [-0.2, 0) is 0 Å². The van der Waals surface area contributed by atoms with Crippen LogP contribution >= 0.6 is 11.8 Å². The molecular formula is C22H22N2OS. The van der Waals surface area contributed by atoms with Crippen LogP contribution in [0.3, 0.4) is 0 Å². The Bertz CT molecular complexity index is 932. The van der Waals surface area contributed by atoms with Gasteiger partial charge in [0, 0.05) is 36.0 Å². The van der Waals surface area contributed by atoms with E-state index in [1.165, 1.54) is 10.8 Å². The molecule has 1 aliphatic heterocycles. The minimum Gasteiger partial charge on any atom is -0.336 e. The highest BCUT2D eigenvalue weighted by molar-refractivity contribution is 7.99. The molecule has 4 heteroatoms. The van der Waals surface area contributed by atoms with Crippen LogP contribution in [0, 0.1) is 0 Å². The number of nitrogens with zero attached hydrogens (tertiary/aromatic N) is 2. The van der Waals surface area contributed by atoms with Crippen molar-refractivity contribution in [1.82, 2.24) is 9.80 Å². The second-order valence-corrected chi connectivity index (χ2v) is 7.82. The second-order valence-electron chi connectivity index (χ2n) is 6.70. The number of benzene rings is 3. The number of likely N-dealkylation sites (N-methyl/N-ethyl adjacent to an activating group) is 1. The topological polar surface area (TPSA) is 23.6 Å². The first kappa shape index (κ1) is 17.1. The SMILES string of the molecule is CN1CCN(C(=O)c2ccccc2Sc2ccc3ccccc3c2)CC1. The molecule has 3 aromatic rings. The van der Waals surface area contributed by atoms with Crippen molar-refractivity contribution >= 4 is 28.4 Å². The number of carbonyl (C=O) groups is 1. The molecule has 0 unspecified atom stereocenters. The lowest BCUT2D eigenvalue weighted by molar-refractivity contribution is 0.0660. The predicted molar refractivity (Wildman–Crippen MR) is 108 cm³/mol. The lowest BCUT2D eigenvalue weighted by Crippen LogP contribution is -2.47. The van der Waals surface area contributed by atoms with Crippen LogP contribution in [0.2, 0.25) is 0 Å². The average Bonchev–Trinajstić information content (AvgIpc) is 2.68. The van der Waals surface area contributed by atoms with E-state index in [1.54, 1.807) is 11.8 Å². The molecule has 4 rings (SSSR count). The molecule has 0 spiro atoms. The van der Waals surface area contributed by atoms with Gasteiger partial charge in [0.15, 0.2) is 0 Å². The molecule has 3 aromatic carbocycles. The van der Waals surface area contributed by atoms with Crippen LogP contribution in [0.15, 0.2) is 76.5 Å². The molecule has 1 amide bonds. The number of carbonyl (C=O) groups excluding carboxylic acids is 1. The zero-order valence-electron chi connectivity index (χ0n) is 14.9. The Morgan fingerprint density at radius 1 is 0.846 bits per heavy atom. The van der Waals surface area contributed by atoms with Crippen molar-refractivity contribution in [2.75, 3.05) is 33.2 Å². The van der Waals surface area contributed by atoms with Crippen molar-refractivity contribution in [2.24, 2.45) is 0 Å². The maximum Gasteiger partial charge on any atom is 0.255 e. The number of piperazine rings is 1. The molecule has 132 valence electrons. The zero-order chi connectivity index (χ0) is 17.9. The van der Waals surface area contributed by atoms with Crippen LogP contribution < -0.4 is 0 Å². The maximum atomic E-state index is 13.0. The summed E-state index contributed by atoms with van der Waals surface area (Å²) in [5.41, 5.74) is 0.801. The van der Waals surface area contributed by atoms with Gasteiger partial charge in [0.25, 0.3) is 5.91 Å². The van der Waals surface area contributed by atoms with Gasteiger partial charge >= 0.3 is 0 Å². The van der Waals surface area contributed by atoms with Gasteiger partial charge in [-0.25, -0.2) is 0 Å². The molecule has 0 aliphatic carbocycles. The molecule has 26 heavy (non-hydrogen) atoms. The van der Waals surface area contributed by atoms with Crippen LogP contribution in [0.25, 0.3) is 10.8 Å². The summed E-state index contributed by atoms with van der Waals surface area (Å²) < 4.78 is 0. The molecule has 0 N–H and O–H groups in total. The van der Waals surface area contributed by atoms with Crippen LogP contribution in [0.4, 0.5) is 0 Å².